The van der Waals surface area contributed by atoms with E-state index in [-0.39, 0.29) is 16.7 Å². The number of hydrogen-bond acceptors (Lipinski definition) is 5. The molecule has 43 heavy (non-hydrogen) atoms. The van der Waals surface area contributed by atoms with E-state index in [1.807, 2.05) is 12.1 Å². The van der Waals surface area contributed by atoms with Gasteiger partial charge in [-0.2, -0.15) is 13.2 Å². The zero-order valence-corrected chi connectivity index (χ0v) is 27.0. The van der Waals surface area contributed by atoms with Gasteiger partial charge in [-0.05, 0) is 92.4 Å². The van der Waals surface area contributed by atoms with Crippen LogP contribution in [0.4, 0.5) is 24.5 Å². The first-order valence-electron chi connectivity index (χ1n) is 15.3. The number of hydrogen-bond donors (Lipinski definition) is 1. The van der Waals surface area contributed by atoms with E-state index in [2.05, 4.69) is 49.1 Å². The number of fused-ring (bicyclic) bond motifs is 1. The summed E-state index contributed by atoms with van der Waals surface area (Å²) in [5.74, 6) is -0.505. The van der Waals surface area contributed by atoms with Crippen molar-refractivity contribution in [3.63, 3.8) is 0 Å². The van der Waals surface area contributed by atoms with Crippen LogP contribution in [0.2, 0.25) is 18.1 Å². The van der Waals surface area contributed by atoms with Crippen molar-refractivity contribution in [1.82, 2.24) is 14.9 Å². The first-order valence-corrected chi connectivity index (χ1v) is 18.2. The van der Waals surface area contributed by atoms with Gasteiger partial charge >= 0.3 is 6.18 Å². The van der Waals surface area contributed by atoms with E-state index in [0.29, 0.717) is 37.3 Å². The molecule has 2 fully saturated rings. The van der Waals surface area contributed by atoms with Crippen LogP contribution in [-0.4, -0.2) is 48.4 Å². The van der Waals surface area contributed by atoms with Gasteiger partial charge in [0.2, 0.25) is 5.91 Å². The Morgan fingerprint density at radius 2 is 1.65 bits per heavy atom. The lowest BCUT2D eigenvalue weighted by atomic mass is 9.86. The van der Waals surface area contributed by atoms with E-state index in [1.54, 1.807) is 24.5 Å². The van der Waals surface area contributed by atoms with Crippen LogP contribution in [0, 0.1) is 5.92 Å². The highest BCUT2D eigenvalue weighted by Crippen LogP contribution is 2.47. The molecule has 0 spiro atoms. The minimum atomic E-state index is -4.62. The summed E-state index contributed by atoms with van der Waals surface area (Å²) in [6, 6.07) is 7.94. The second-order valence-electron chi connectivity index (χ2n) is 13.7. The Kier molecular flexibility index (Phi) is 8.66. The summed E-state index contributed by atoms with van der Waals surface area (Å²) in [7, 11) is -0.676. The number of aromatic nitrogens is 2. The largest absolute Gasteiger partial charge is 0.414 e. The maximum Gasteiger partial charge on any atom is 0.413 e. The van der Waals surface area contributed by atoms with Crippen LogP contribution < -0.4 is 5.32 Å². The molecule has 232 valence electrons. The van der Waals surface area contributed by atoms with Crippen molar-refractivity contribution >= 4 is 36.6 Å². The van der Waals surface area contributed by atoms with Gasteiger partial charge in [-0.15, -0.1) is 0 Å². The van der Waals surface area contributed by atoms with Crippen LogP contribution in [0.25, 0.3) is 11.0 Å². The van der Waals surface area contributed by atoms with E-state index in [1.165, 1.54) is 19.2 Å². The number of benzene rings is 1. The lowest BCUT2D eigenvalue weighted by Crippen LogP contribution is -2.46. The molecule has 1 amide bonds. The molecule has 2 aliphatic rings. The summed E-state index contributed by atoms with van der Waals surface area (Å²) >= 11 is 0. The summed E-state index contributed by atoms with van der Waals surface area (Å²) in [5, 5.41) is 3.43. The van der Waals surface area contributed by atoms with Gasteiger partial charge in [-0.3, -0.25) is 14.8 Å². The minimum absolute atomic E-state index is 0.0320. The molecule has 6 nitrogen and oxygen atoms in total. The number of anilines is 2. The summed E-state index contributed by atoms with van der Waals surface area (Å²) < 4.78 is 49.9. The van der Waals surface area contributed by atoms with Crippen LogP contribution in [0.5, 0.6) is 0 Å². The number of rotatable bonds is 8. The molecule has 0 unspecified atom stereocenters. The topological polar surface area (TPSA) is 67.3 Å². The average molecular weight is 613 g/mol. The van der Waals surface area contributed by atoms with Crippen molar-refractivity contribution in [3.05, 3.63) is 59.9 Å². The number of carbonyl (C=O) groups excluding carboxylic acids is 1. The van der Waals surface area contributed by atoms with Crippen molar-refractivity contribution in [1.29, 1.82) is 0 Å². The number of carbonyl (C=O) groups is 1. The number of pyridine rings is 2. The van der Waals surface area contributed by atoms with Gasteiger partial charge in [0.25, 0.3) is 0 Å². The predicted molar refractivity (Wildman–Crippen MR) is 167 cm³/mol. The molecule has 0 bridgehead atoms. The molecule has 0 saturated heterocycles. The Hall–Kier alpha value is -2.98. The molecule has 0 radical (unpaired) electrons. The molecule has 2 aromatic heterocycles. The fourth-order valence-electron chi connectivity index (χ4n) is 5.90. The molecule has 2 heterocycles. The second kappa shape index (κ2) is 11.8. The van der Waals surface area contributed by atoms with Gasteiger partial charge in [-0.25, -0.2) is 0 Å². The Bertz CT molecular complexity index is 1440. The van der Waals surface area contributed by atoms with E-state index < -0.39 is 32.4 Å². The van der Waals surface area contributed by atoms with Gasteiger partial charge in [0.15, 0.2) is 14.4 Å². The average Bonchev–Trinajstić information content (AvgIpc) is 3.78. The van der Waals surface area contributed by atoms with Crippen molar-refractivity contribution < 1.29 is 22.4 Å². The van der Waals surface area contributed by atoms with Crippen LogP contribution >= 0.6 is 0 Å². The summed E-state index contributed by atoms with van der Waals surface area (Å²) in [5.41, 5.74) is 4.27. The fourth-order valence-corrected chi connectivity index (χ4v) is 7.32. The Balaban J connectivity index is 1.28. The SMILES string of the molecule is CN(C(=O)C1CCC(O[Si](C)(C)C(C)(C)C)CC1)[C@H](c1ccc(Nc2cnc3cccnc3c2C2CC2)cc1)C(F)(F)F. The highest BCUT2D eigenvalue weighted by atomic mass is 28.4. The van der Waals surface area contributed by atoms with E-state index in [9.17, 15) is 18.0 Å². The highest BCUT2D eigenvalue weighted by molar-refractivity contribution is 6.74. The van der Waals surface area contributed by atoms with Gasteiger partial charge < -0.3 is 14.6 Å². The summed E-state index contributed by atoms with van der Waals surface area (Å²) in [4.78, 5) is 23.4. The standard InChI is InChI=1S/C33H43F3N4O2Si/c1-32(2,3)43(5,6)42-25-17-13-23(14-18-25)31(41)40(4)30(33(34,35)36)22-11-15-24(16-12-22)39-27-20-38-26-8-7-19-37-29(26)28(27)21-9-10-21/h7-8,11-12,15-16,19-21,23,25,30,39H,9-10,13-14,17-18H2,1-6H3/t23?,25?,30-/m1/s1. The van der Waals surface area contributed by atoms with E-state index in [0.717, 1.165) is 40.0 Å². The lowest BCUT2D eigenvalue weighted by Gasteiger charge is -2.41. The molecule has 2 saturated carbocycles. The Morgan fingerprint density at radius 1 is 1.00 bits per heavy atom. The summed E-state index contributed by atoms with van der Waals surface area (Å²) in [6.45, 7) is 11.0. The Labute approximate surface area is 253 Å². The van der Waals surface area contributed by atoms with Crippen molar-refractivity contribution in [3.8, 4) is 0 Å². The van der Waals surface area contributed by atoms with Gasteiger partial charge in [0.05, 0.1) is 22.9 Å². The third-order valence-electron chi connectivity index (χ3n) is 9.49. The van der Waals surface area contributed by atoms with Crippen LogP contribution in [0.15, 0.2) is 48.8 Å². The zero-order valence-electron chi connectivity index (χ0n) is 26.0. The zero-order chi connectivity index (χ0) is 31.2. The first kappa shape index (κ1) is 31.4. The van der Waals surface area contributed by atoms with Crippen LogP contribution in [0.1, 0.15) is 82.4 Å². The molecule has 1 atom stereocenters. The monoisotopic (exact) mass is 612 g/mol. The number of nitrogens with one attached hydrogen (secondary N) is 1. The quantitative estimate of drug-likeness (QED) is 0.257. The number of nitrogens with zero attached hydrogens (tertiary/aromatic N) is 3. The molecule has 2 aliphatic carbocycles. The fraction of sp³-hybridized carbons (Fsp3) is 0.545. The maximum absolute atomic E-state index is 14.4. The van der Waals surface area contributed by atoms with Crippen LogP contribution in [0.3, 0.4) is 0 Å². The summed E-state index contributed by atoms with van der Waals surface area (Å²) in [6.07, 6.45) is 3.55. The molecule has 3 aromatic rings. The predicted octanol–water partition coefficient (Wildman–Crippen LogP) is 8.89. The third kappa shape index (κ3) is 6.90. The molecule has 1 N–H and O–H groups in total. The number of alkyl halides is 3. The molecule has 10 heteroatoms. The van der Waals surface area contributed by atoms with Crippen molar-refractivity contribution in [2.75, 3.05) is 12.4 Å². The lowest BCUT2D eigenvalue weighted by molar-refractivity contribution is -0.191. The third-order valence-corrected chi connectivity index (χ3v) is 14.0. The maximum atomic E-state index is 14.4. The van der Waals surface area contributed by atoms with Gasteiger partial charge in [0.1, 0.15) is 0 Å². The van der Waals surface area contributed by atoms with E-state index in [4.69, 9.17) is 4.43 Å². The van der Waals surface area contributed by atoms with Crippen molar-refractivity contribution in [2.24, 2.45) is 5.92 Å². The molecule has 5 rings (SSSR count). The van der Waals surface area contributed by atoms with Crippen LogP contribution in [-0.2, 0) is 9.22 Å². The number of halogens is 3. The van der Waals surface area contributed by atoms with Gasteiger partial charge in [-0.1, -0.05) is 32.9 Å². The molecular weight excluding hydrogens is 569 g/mol. The van der Waals surface area contributed by atoms with Crippen molar-refractivity contribution in [2.45, 2.75) is 102 Å². The second-order valence-corrected chi connectivity index (χ2v) is 18.5. The normalized spacial score (nSPS) is 20.6. The minimum Gasteiger partial charge on any atom is -0.414 e. The molecule has 1 aromatic carbocycles. The number of amides is 1. The molecular formula is C33H43F3N4O2Si. The Morgan fingerprint density at radius 3 is 2.23 bits per heavy atom. The smallest absolute Gasteiger partial charge is 0.413 e. The van der Waals surface area contributed by atoms with E-state index >= 15 is 0 Å². The molecule has 0 aliphatic heterocycles. The van der Waals surface area contributed by atoms with Gasteiger partial charge in [0, 0.05) is 36.5 Å². The first-order chi connectivity index (χ1) is 20.2. The highest BCUT2D eigenvalue weighted by Gasteiger charge is 2.47.